The lowest BCUT2D eigenvalue weighted by Gasteiger charge is -2.30. The Hall–Kier alpha value is -1.31. The quantitative estimate of drug-likeness (QED) is 0.850. The van der Waals surface area contributed by atoms with Gasteiger partial charge in [0.25, 0.3) is 5.56 Å². The van der Waals surface area contributed by atoms with Gasteiger partial charge < -0.3 is 15.0 Å². The van der Waals surface area contributed by atoms with Crippen molar-refractivity contribution in [3.8, 4) is 5.69 Å². The van der Waals surface area contributed by atoms with Gasteiger partial charge in [-0.05, 0) is 25.2 Å². The molecule has 1 fully saturated rings. The van der Waals surface area contributed by atoms with Crippen molar-refractivity contribution in [3.05, 3.63) is 49.8 Å². The van der Waals surface area contributed by atoms with Crippen molar-refractivity contribution in [2.75, 3.05) is 38.6 Å². The molecule has 0 spiro atoms. The molecule has 2 aromatic rings. The molecule has 134 valence electrons. The van der Waals surface area contributed by atoms with E-state index in [-0.39, 0.29) is 11.1 Å². The lowest BCUT2D eigenvalue weighted by atomic mass is 10.2. The monoisotopic (exact) mass is 402 g/mol. The molecule has 1 aromatic carbocycles. The number of benzene rings is 1. The summed E-state index contributed by atoms with van der Waals surface area (Å²) in [6.07, 6.45) is 1.53. The van der Waals surface area contributed by atoms with Crippen LogP contribution in [0, 0.1) is 0 Å². The summed E-state index contributed by atoms with van der Waals surface area (Å²) in [6.45, 7) is 2.95. The van der Waals surface area contributed by atoms with E-state index in [1.54, 1.807) is 18.2 Å². The highest BCUT2D eigenvalue weighted by atomic mass is 35.5. The Labute approximate surface area is 160 Å². The Morgan fingerprint density at radius 1 is 1.36 bits per heavy atom. The topological polar surface area (TPSA) is 59.4 Å². The Morgan fingerprint density at radius 2 is 2.16 bits per heavy atom. The molecule has 1 aliphatic rings. The van der Waals surface area contributed by atoms with Crippen molar-refractivity contribution < 1.29 is 4.74 Å². The standard InChI is InChI=1S/C16H17Cl3N4O2/c1-22-4-5-25-11(9-22)7-20-13-8-21-23(16(24)15(13)19)14-3-2-10(17)6-12(14)18/h2-3,6,8,11,20H,4-5,7,9H2,1H3. The third-order valence-corrected chi connectivity index (χ3v) is 4.82. The molecule has 9 heteroatoms. The maximum atomic E-state index is 12.5. The molecular weight excluding hydrogens is 387 g/mol. The minimum Gasteiger partial charge on any atom is -0.380 e. The Kier molecular flexibility index (Phi) is 5.86. The zero-order chi connectivity index (χ0) is 18.0. The number of aromatic nitrogens is 2. The number of nitrogens with one attached hydrogen (secondary N) is 1. The molecule has 1 atom stereocenters. The highest BCUT2D eigenvalue weighted by Gasteiger charge is 2.19. The van der Waals surface area contributed by atoms with Crippen molar-refractivity contribution in [1.29, 1.82) is 0 Å². The highest BCUT2D eigenvalue weighted by molar-refractivity contribution is 6.36. The molecule has 0 amide bonds. The highest BCUT2D eigenvalue weighted by Crippen LogP contribution is 2.24. The van der Waals surface area contributed by atoms with E-state index in [2.05, 4.69) is 15.3 Å². The first kappa shape index (κ1) is 18.5. The van der Waals surface area contributed by atoms with E-state index in [1.165, 1.54) is 6.20 Å². The summed E-state index contributed by atoms with van der Waals surface area (Å²) in [5, 5.41) is 8.13. The van der Waals surface area contributed by atoms with Gasteiger partial charge in [-0.15, -0.1) is 0 Å². The summed E-state index contributed by atoms with van der Waals surface area (Å²) >= 11 is 18.2. The van der Waals surface area contributed by atoms with Crippen LogP contribution in [0.3, 0.4) is 0 Å². The summed E-state index contributed by atoms with van der Waals surface area (Å²) in [5.41, 5.74) is 0.421. The van der Waals surface area contributed by atoms with Gasteiger partial charge in [-0.25, -0.2) is 0 Å². The fourth-order valence-corrected chi connectivity index (χ4v) is 3.28. The third-order valence-electron chi connectivity index (χ3n) is 3.92. The minimum atomic E-state index is -0.461. The van der Waals surface area contributed by atoms with E-state index in [0.717, 1.165) is 17.8 Å². The molecule has 0 aliphatic carbocycles. The second kappa shape index (κ2) is 7.93. The number of anilines is 1. The SMILES string of the molecule is CN1CCOC(CNc2cnn(-c3ccc(Cl)cc3Cl)c(=O)c2Cl)C1. The average molecular weight is 404 g/mol. The Morgan fingerprint density at radius 3 is 2.88 bits per heavy atom. The van der Waals surface area contributed by atoms with E-state index < -0.39 is 5.56 Å². The van der Waals surface area contributed by atoms with Crippen molar-refractivity contribution >= 4 is 40.5 Å². The average Bonchev–Trinajstić information content (AvgIpc) is 2.57. The first-order valence-corrected chi connectivity index (χ1v) is 8.86. The van der Waals surface area contributed by atoms with E-state index in [0.29, 0.717) is 34.6 Å². The molecule has 1 saturated heterocycles. The van der Waals surface area contributed by atoms with Gasteiger partial charge in [-0.2, -0.15) is 9.78 Å². The van der Waals surface area contributed by atoms with Crippen molar-refractivity contribution in [2.24, 2.45) is 0 Å². The first-order valence-electron chi connectivity index (χ1n) is 7.73. The zero-order valence-electron chi connectivity index (χ0n) is 13.5. The van der Waals surface area contributed by atoms with Gasteiger partial charge >= 0.3 is 0 Å². The van der Waals surface area contributed by atoms with E-state index >= 15 is 0 Å². The minimum absolute atomic E-state index is 0.0305. The van der Waals surface area contributed by atoms with Crippen LogP contribution in [0.15, 0.2) is 29.2 Å². The third kappa shape index (κ3) is 4.27. The summed E-state index contributed by atoms with van der Waals surface area (Å²) in [7, 11) is 2.04. The van der Waals surface area contributed by atoms with Crippen LogP contribution in [0.2, 0.25) is 15.1 Å². The zero-order valence-corrected chi connectivity index (χ0v) is 15.8. The number of hydrogen-bond acceptors (Lipinski definition) is 5. The molecule has 6 nitrogen and oxygen atoms in total. The van der Waals surface area contributed by atoms with Crippen molar-refractivity contribution in [2.45, 2.75) is 6.10 Å². The maximum absolute atomic E-state index is 12.5. The molecule has 25 heavy (non-hydrogen) atoms. The summed E-state index contributed by atoms with van der Waals surface area (Å²) < 4.78 is 6.83. The molecule has 2 heterocycles. The molecule has 1 aliphatic heterocycles. The molecule has 1 aromatic heterocycles. The second-order valence-corrected chi connectivity index (χ2v) is 7.04. The molecule has 3 rings (SSSR count). The normalized spacial score (nSPS) is 18.3. The van der Waals surface area contributed by atoms with Crippen LogP contribution in [-0.2, 0) is 4.74 Å². The summed E-state index contributed by atoms with van der Waals surface area (Å²) in [4.78, 5) is 14.7. The second-order valence-electron chi connectivity index (χ2n) is 5.82. The van der Waals surface area contributed by atoms with Crippen LogP contribution in [0.5, 0.6) is 0 Å². The number of hydrogen-bond donors (Lipinski definition) is 1. The predicted octanol–water partition coefficient (Wildman–Crippen LogP) is 2.94. The number of nitrogens with zero attached hydrogens (tertiary/aromatic N) is 3. The van der Waals surface area contributed by atoms with Gasteiger partial charge in [-0.3, -0.25) is 4.79 Å². The largest absolute Gasteiger partial charge is 0.380 e. The van der Waals surface area contributed by atoms with E-state index in [9.17, 15) is 4.79 Å². The smallest absolute Gasteiger partial charge is 0.292 e. The molecule has 0 saturated carbocycles. The van der Waals surface area contributed by atoms with Gasteiger partial charge in [0.05, 0.1) is 35.3 Å². The Bertz CT molecular complexity index is 828. The summed E-state index contributed by atoms with van der Waals surface area (Å²) in [5.74, 6) is 0. The van der Waals surface area contributed by atoms with Crippen molar-refractivity contribution in [1.82, 2.24) is 14.7 Å². The first-order chi connectivity index (χ1) is 12.0. The molecule has 1 unspecified atom stereocenters. The van der Waals surface area contributed by atoms with Gasteiger partial charge in [0.1, 0.15) is 5.02 Å². The van der Waals surface area contributed by atoms with E-state index in [1.807, 2.05) is 7.05 Å². The Balaban J connectivity index is 1.79. The van der Waals surface area contributed by atoms with Crippen LogP contribution < -0.4 is 10.9 Å². The summed E-state index contributed by atoms with van der Waals surface area (Å²) in [6, 6.07) is 4.80. The van der Waals surface area contributed by atoms with Crippen LogP contribution in [0.1, 0.15) is 0 Å². The molecule has 0 bridgehead atoms. The van der Waals surface area contributed by atoms with Gasteiger partial charge in [0.2, 0.25) is 0 Å². The van der Waals surface area contributed by atoms with Gasteiger partial charge in [-0.1, -0.05) is 34.8 Å². The van der Waals surface area contributed by atoms with Gasteiger partial charge in [0.15, 0.2) is 0 Å². The number of halogens is 3. The van der Waals surface area contributed by atoms with Crippen LogP contribution >= 0.6 is 34.8 Å². The maximum Gasteiger partial charge on any atom is 0.292 e. The predicted molar refractivity (Wildman–Crippen MR) is 101 cm³/mol. The van der Waals surface area contributed by atoms with Gasteiger partial charge in [0, 0.05) is 24.7 Å². The number of morpholine rings is 1. The molecule has 1 N–H and O–H groups in total. The van der Waals surface area contributed by atoms with Crippen LogP contribution in [0.4, 0.5) is 5.69 Å². The van der Waals surface area contributed by atoms with Crippen LogP contribution in [-0.4, -0.2) is 54.1 Å². The van der Waals surface area contributed by atoms with Crippen LogP contribution in [0.25, 0.3) is 5.69 Å². The molecular formula is C16H17Cl3N4O2. The fourth-order valence-electron chi connectivity index (χ4n) is 2.59. The fraction of sp³-hybridized carbons (Fsp3) is 0.375. The lowest BCUT2D eigenvalue weighted by Crippen LogP contribution is -2.43. The molecule has 0 radical (unpaired) electrons. The van der Waals surface area contributed by atoms with E-state index in [4.69, 9.17) is 39.5 Å². The number of rotatable bonds is 4. The number of ether oxygens (including phenoxy) is 1. The number of likely N-dealkylation sites (N-methyl/N-ethyl adjacent to an activating group) is 1. The lowest BCUT2D eigenvalue weighted by molar-refractivity contribution is -0.0117. The van der Waals surface area contributed by atoms with Crippen molar-refractivity contribution in [3.63, 3.8) is 0 Å².